The number of hydroxylamine groups is 2. The Bertz CT molecular complexity index is 1840. The number of nitrogens with one attached hydrogen (secondary N) is 1. The molecule has 234 valence electrons. The van der Waals surface area contributed by atoms with E-state index < -0.39 is 0 Å². The molecule has 0 atom stereocenters. The summed E-state index contributed by atoms with van der Waals surface area (Å²) in [4.78, 5) is 27.5. The predicted octanol–water partition coefficient (Wildman–Crippen LogP) is 6.79. The second-order valence-corrected chi connectivity index (χ2v) is 13.9. The maximum Gasteiger partial charge on any atom is 0.257 e. The minimum atomic E-state index is -0.270. The van der Waals surface area contributed by atoms with Crippen molar-refractivity contribution in [1.82, 2.24) is 35.2 Å². The third kappa shape index (κ3) is 5.55. The average Bonchev–Trinajstić information content (AvgIpc) is 3.74. The van der Waals surface area contributed by atoms with Crippen molar-refractivity contribution in [3.05, 3.63) is 103 Å². The lowest BCUT2D eigenvalue weighted by Crippen LogP contribution is -2.44. The zero-order valence-electron chi connectivity index (χ0n) is 27.1. The van der Waals surface area contributed by atoms with Crippen molar-refractivity contribution in [3.63, 3.8) is 0 Å². The minimum Gasteiger partial charge on any atom is -0.301 e. The highest BCUT2D eigenvalue weighted by molar-refractivity contribution is 7.12. The summed E-state index contributed by atoms with van der Waals surface area (Å²) in [5.74, 6) is 1.31. The standard InChI is InChI=1S/C35H41N7O2S/c1-8-9-14-30-28(19-23-15-17-24(18-16-23)26-12-10-11-13-27(26)32-37-39-40-38-32)33(43)41(22(2)36-30)21-25-20-29-31(45-25)35(5,6)42(44-7)34(29,3)4/h10-13,15-18,20H,8-9,14,19,21H2,1-7H3,(H,37,38,39,40). The van der Waals surface area contributed by atoms with Crippen LogP contribution in [0.5, 0.6) is 0 Å². The summed E-state index contributed by atoms with van der Waals surface area (Å²) in [6.07, 6.45) is 3.36. The van der Waals surface area contributed by atoms with Crippen molar-refractivity contribution in [2.45, 2.75) is 84.8 Å². The molecule has 3 aromatic heterocycles. The monoisotopic (exact) mass is 623 g/mol. The lowest BCUT2D eigenvalue weighted by atomic mass is 9.96. The van der Waals surface area contributed by atoms with Gasteiger partial charge in [-0.15, -0.1) is 21.5 Å². The molecule has 9 nitrogen and oxygen atoms in total. The number of hydrogen-bond acceptors (Lipinski definition) is 8. The molecule has 0 saturated carbocycles. The number of hydrogen-bond donors (Lipinski definition) is 1. The minimum absolute atomic E-state index is 0.0470. The zero-order chi connectivity index (χ0) is 31.9. The fraction of sp³-hybridized carbons (Fsp3) is 0.400. The molecule has 0 fully saturated rings. The van der Waals surface area contributed by atoms with Gasteiger partial charge >= 0.3 is 0 Å². The number of nitrogens with zero attached hydrogens (tertiary/aromatic N) is 6. The fourth-order valence-corrected chi connectivity index (χ4v) is 8.21. The highest BCUT2D eigenvalue weighted by atomic mass is 32.1. The largest absolute Gasteiger partial charge is 0.301 e. The first-order valence-corrected chi connectivity index (χ1v) is 16.4. The van der Waals surface area contributed by atoms with Crippen molar-refractivity contribution in [1.29, 1.82) is 0 Å². The molecule has 0 amide bonds. The quantitative estimate of drug-likeness (QED) is 0.183. The molecule has 45 heavy (non-hydrogen) atoms. The van der Waals surface area contributed by atoms with Crippen LogP contribution in [0.1, 0.15) is 85.4 Å². The summed E-state index contributed by atoms with van der Waals surface area (Å²) in [7, 11) is 1.74. The number of rotatable bonds is 10. The summed E-state index contributed by atoms with van der Waals surface area (Å²) in [5.41, 5.74) is 6.52. The van der Waals surface area contributed by atoms with E-state index in [2.05, 4.69) is 96.7 Å². The van der Waals surface area contributed by atoms with Gasteiger partial charge in [-0.2, -0.15) is 10.3 Å². The summed E-state index contributed by atoms with van der Waals surface area (Å²) in [6.45, 7) is 13.4. The van der Waals surface area contributed by atoms with E-state index in [9.17, 15) is 4.79 Å². The van der Waals surface area contributed by atoms with Crippen LogP contribution in [-0.2, 0) is 35.3 Å². The van der Waals surface area contributed by atoms with Crippen molar-refractivity contribution >= 4 is 11.3 Å². The van der Waals surface area contributed by atoms with Crippen LogP contribution in [0.3, 0.4) is 0 Å². The molecule has 0 unspecified atom stereocenters. The van der Waals surface area contributed by atoms with Gasteiger partial charge in [0.25, 0.3) is 5.56 Å². The number of tetrazole rings is 1. The van der Waals surface area contributed by atoms with E-state index in [0.717, 1.165) is 63.5 Å². The van der Waals surface area contributed by atoms with Gasteiger partial charge < -0.3 is 4.84 Å². The molecule has 1 aliphatic rings. The molecule has 5 aromatic rings. The number of aryl methyl sites for hydroxylation is 2. The van der Waals surface area contributed by atoms with Crippen molar-refractivity contribution in [2.24, 2.45) is 0 Å². The maximum atomic E-state index is 14.3. The number of unbranched alkanes of at least 4 members (excludes halogenated alkanes) is 1. The SMILES string of the molecule is CCCCc1nc(C)n(Cc2cc3c(s2)C(C)(C)N(OC)C3(C)C)c(=O)c1Cc1ccc(-c2ccccc2-c2nn[nH]n2)cc1. The molecule has 0 bridgehead atoms. The van der Waals surface area contributed by atoms with Gasteiger partial charge in [-0.25, -0.2) is 4.98 Å². The zero-order valence-corrected chi connectivity index (χ0v) is 28.0. The van der Waals surface area contributed by atoms with Gasteiger partial charge in [0.1, 0.15) is 5.82 Å². The van der Waals surface area contributed by atoms with Crippen LogP contribution >= 0.6 is 11.3 Å². The van der Waals surface area contributed by atoms with Gasteiger partial charge in [-0.3, -0.25) is 9.36 Å². The summed E-state index contributed by atoms with van der Waals surface area (Å²) >= 11 is 1.77. The third-order valence-corrected chi connectivity index (χ3v) is 10.4. The van der Waals surface area contributed by atoms with Crippen LogP contribution in [0, 0.1) is 6.92 Å². The molecule has 0 saturated heterocycles. The summed E-state index contributed by atoms with van der Waals surface area (Å²) < 4.78 is 1.86. The molecule has 6 rings (SSSR count). The highest BCUT2D eigenvalue weighted by Gasteiger charge is 2.51. The van der Waals surface area contributed by atoms with Crippen molar-refractivity contribution in [3.8, 4) is 22.5 Å². The second-order valence-electron chi connectivity index (χ2n) is 12.8. The number of thiophene rings is 1. The first kappa shape index (κ1) is 31.0. The fourth-order valence-electron chi connectivity index (χ4n) is 6.82. The molecular weight excluding hydrogens is 582 g/mol. The Morgan fingerprint density at radius 3 is 2.38 bits per heavy atom. The van der Waals surface area contributed by atoms with Crippen LogP contribution in [0.4, 0.5) is 0 Å². The normalized spacial score (nSPS) is 15.4. The molecular formula is C35H41N7O2S. The maximum absolute atomic E-state index is 14.3. The molecule has 2 aromatic carbocycles. The van der Waals surface area contributed by atoms with Crippen LogP contribution in [0.2, 0.25) is 0 Å². The van der Waals surface area contributed by atoms with Crippen molar-refractivity contribution in [2.75, 3.05) is 7.11 Å². The molecule has 0 radical (unpaired) electrons. The lowest BCUT2D eigenvalue weighted by molar-refractivity contribution is -0.241. The van der Waals surface area contributed by atoms with Crippen LogP contribution < -0.4 is 5.56 Å². The topological polar surface area (TPSA) is 102 Å². The summed E-state index contributed by atoms with van der Waals surface area (Å²) in [6, 6.07) is 18.7. The first-order chi connectivity index (χ1) is 21.6. The molecule has 1 aliphatic heterocycles. The Balaban J connectivity index is 1.33. The Morgan fingerprint density at radius 2 is 1.73 bits per heavy atom. The van der Waals surface area contributed by atoms with Gasteiger partial charge in [-0.05, 0) is 81.0 Å². The number of aromatic amines is 1. The van der Waals surface area contributed by atoms with Gasteiger partial charge in [0, 0.05) is 27.3 Å². The Hall–Kier alpha value is -3.99. The van der Waals surface area contributed by atoms with Gasteiger partial charge in [0.15, 0.2) is 0 Å². The Morgan fingerprint density at radius 1 is 1.00 bits per heavy atom. The number of benzene rings is 2. The Kier molecular flexibility index (Phi) is 8.32. The smallest absolute Gasteiger partial charge is 0.257 e. The lowest BCUT2D eigenvalue weighted by Gasteiger charge is -2.38. The first-order valence-electron chi connectivity index (χ1n) is 15.6. The van der Waals surface area contributed by atoms with E-state index in [1.165, 1.54) is 10.4 Å². The van der Waals surface area contributed by atoms with Gasteiger partial charge in [-0.1, -0.05) is 61.9 Å². The van der Waals surface area contributed by atoms with E-state index >= 15 is 0 Å². The highest BCUT2D eigenvalue weighted by Crippen LogP contribution is 2.52. The van der Waals surface area contributed by atoms with Crippen LogP contribution in [0.15, 0.2) is 59.4 Å². The summed E-state index contributed by atoms with van der Waals surface area (Å²) in [5, 5.41) is 16.7. The third-order valence-electron chi connectivity index (χ3n) is 8.98. The number of fused-ring (bicyclic) bond motifs is 1. The molecule has 4 heterocycles. The van der Waals surface area contributed by atoms with E-state index in [0.29, 0.717) is 18.8 Å². The number of aromatic nitrogens is 6. The van der Waals surface area contributed by atoms with Crippen LogP contribution in [0.25, 0.3) is 22.5 Å². The van der Waals surface area contributed by atoms with Gasteiger partial charge in [0.05, 0.1) is 30.4 Å². The Labute approximate surface area is 268 Å². The number of H-pyrrole nitrogens is 1. The average molecular weight is 624 g/mol. The molecule has 0 aliphatic carbocycles. The predicted molar refractivity (Wildman–Crippen MR) is 178 cm³/mol. The van der Waals surface area contributed by atoms with E-state index in [4.69, 9.17) is 9.82 Å². The van der Waals surface area contributed by atoms with Crippen LogP contribution in [-0.4, -0.2) is 42.3 Å². The van der Waals surface area contributed by atoms with E-state index in [1.807, 2.05) is 29.7 Å². The van der Waals surface area contributed by atoms with Crippen molar-refractivity contribution < 1.29 is 4.84 Å². The molecule has 1 N–H and O–H groups in total. The van der Waals surface area contributed by atoms with Gasteiger partial charge in [0.2, 0.25) is 5.82 Å². The molecule has 0 spiro atoms. The van der Waals surface area contributed by atoms with E-state index in [1.54, 1.807) is 18.4 Å². The molecule has 10 heteroatoms. The second kappa shape index (κ2) is 12.1. The van der Waals surface area contributed by atoms with E-state index in [-0.39, 0.29) is 16.6 Å².